The molecule has 2 heteroatoms. The predicted molar refractivity (Wildman–Crippen MR) is 51.1 cm³/mol. The van der Waals surface area contributed by atoms with Crippen molar-refractivity contribution in [3.63, 3.8) is 0 Å². The van der Waals surface area contributed by atoms with E-state index in [0.717, 1.165) is 9.25 Å². The normalized spacial score (nSPS) is 13.9. The Morgan fingerprint density at radius 1 is 1.62 bits per heavy atom. The van der Waals surface area contributed by atoms with E-state index in [1.54, 1.807) is 0 Å². The van der Waals surface area contributed by atoms with Gasteiger partial charge in [0.2, 0.25) is 0 Å². The molecule has 0 aromatic carbocycles. The lowest BCUT2D eigenvalue weighted by molar-refractivity contribution is 0.731. The molecule has 0 amide bonds. The molecule has 0 aromatic rings. The summed E-state index contributed by atoms with van der Waals surface area (Å²) in [5, 5.41) is 1.15. The number of hydrogen-bond acceptors (Lipinski definition) is 0. The topological polar surface area (TPSA) is 0 Å². The first-order valence-electron chi connectivity index (χ1n) is 3.01. The summed E-state index contributed by atoms with van der Waals surface area (Å²) in [5.41, 5.74) is 0. The zero-order valence-electron chi connectivity index (χ0n) is 5.16. The number of unbranched alkanes of at least 4 members (excludes halogenated alkanes) is 1. The molecule has 0 fully saturated rings. The summed E-state index contributed by atoms with van der Waals surface area (Å²) in [6.45, 7) is 2.23. The number of alkyl halides is 2. The van der Waals surface area contributed by atoms with Gasteiger partial charge < -0.3 is 0 Å². The summed E-state index contributed by atoms with van der Waals surface area (Å²) in [5.74, 6) is 0. The summed E-state index contributed by atoms with van der Waals surface area (Å²) in [6, 6.07) is 0. The average molecular weight is 291 g/mol. The van der Waals surface area contributed by atoms with Gasteiger partial charge >= 0.3 is 0 Å². The van der Waals surface area contributed by atoms with E-state index in [9.17, 15) is 0 Å². The zero-order chi connectivity index (χ0) is 6.41. The minimum atomic E-state index is 0.840. The monoisotopic (exact) mass is 290 g/mol. The van der Waals surface area contributed by atoms with Gasteiger partial charge in [-0.2, -0.15) is 0 Å². The van der Waals surface area contributed by atoms with Crippen LogP contribution in [0.25, 0.3) is 0 Å². The van der Waals surface area contributed by atoms with Crippen molar-refractivity contribution in [3.05, 3.63) is 0 Å². The second-order valence-corrected chi connectivity index (χ2v) is 4.30. The van der Waals surface area contributed by atoms with Gasteiger partial charge in [0.15, 0.2) is 0 Å². The van der Waals surface area contributed by atoms with Crippen LogP contribution in [-0.2, 0) is 0 Å². The third kappa shape index (κ3) is 5.35. The first-order chi connectivity index (χ1) is 3.81. The molecule has 0 radical (unpaired) electrons. The third-order valence-electron chi connectivity index (χ3n) is 1.04. The lowest BCUT2D eigenvalue weighted by Gasteiger charge is -2.01. The van der Waals surface area contributed by atoms with E-state index in [2.05, 4.69) is 45.4 Å². The first-order valence-corrected chi connectivity index (χ1v) is 5.38. The van der Waals surface area contributed by atoms with Crippen LogP contribution < -0.4 is 0 Å². The molecular weight excluding hydrogens is 279 g/mol. The molecule has 8 heavy (non-hydrogen) atoms. The van der Waals surface area contributed by atoms with Crippen molar-refractivity contribution in [2.45, 2.75) is 30.1 Å². The van der Waals surface area contributed by atoms with Crippen LogP contribution in [-0.4, -0.2) is 9.25 Å². The molecule has 0 saturated carbocycles. The predicted octanol–water partition coefficient (Wildman–Crippen LogP) is 3.38. The lowest BCUT2D eigenvalue weighted by Crippen LogP contribution is -1.96. The summed E-state index contributed by atoms with van der Waals surface area (Å²) < 4.78 is 0.840. The van der Waals surface area contributed by atoms with Gasteiger partial charge in [-0.1, -0.05) is 58.3 Å². The lowest BCUT2D eigenvalue weighted by atomic mass is 10.2. The molecule has 0 bridgehead atoms. The SMILES string of the molecule is CCCCC(I)CBr. The quantitative estimate of drug-likeness (QED) is 0.550. The Morgan fingerprint density at radius 3 is 2.62 bits per heavy atom. The Morgan fingerprint density at radius 2 is 2.25 bits per heavy atom. The molecule has 0 nitrogen and oxygen atoms in total. The highest BCUT2D eigenvalue weighted by molar-refractivity contribution is 14.1. The maximum Gasteiger partial charge on any atom is 0.0207 e. The third-order valence-corrected chi connectivity index (χ3v) is 4.09. The second-order valence-electron chi connectivity index (χ2n) is 1.89. The van der Waals surface area contributed by atoms with Crippen molar-refractivity contribution in [2.24, 2.45) is 0 Å². The van der Waals surface area contributed by atoms with Crippen molar-refractivity contribution >= 4 is 38.5 Å². The fourth-order valence-corrected chi connectivity index (χ4v) is 1.27. The highest BCUT2D eigenvalue weighted by Gasteiger charge is 1.97. The van der Waals surface area contributed by atoms with Gasteiger partial charge in [0.05, 0.1) is 0 Å². The van der Waals surface area contributed by atoms with Crippen LogP contribution in [0.3, 0.4) is 0 Å². The van der Waals surface area contributed by atoms with Gasteiger partial charge in [0.1, 0.15) is 0 Å². The summed E-state index contributed by atoms with van der Waals surface area (Å²) in [6.07, 6.45) is 4.06. The minimum absolute atomic E-state index is 0.840. The van der Waals surface area contributed by atoms with Gasteiger partial charge in [0, 0.05) is 9.25 Å². The van der Waals surface area contributed by atoms with Crippen LogP contribution >= 0.6 is 38.5 Å². The number of halogens is 2. The minimum Gasteiger partial charge on any atom is -0.0917 e. The molecule has 1 atom stereocenters. The Labute approximate surface area is 73.7 Å². The maximum atomic E-state index is 3.44. The van der Waals surface area contributed by atoms with E-state index in [0.29, 0.717) is 0 Å². The first kappa shape index (κ1) is 9.21. The smallest absolute Gasteiger partial charge is 0.0207 e. The van der Waals surface area contributed by atoms with Crippen molar-refractivity contribution in [1.29, 1.82) is 0 Å². The van der Waals surface area contributed by atoms with Crippen LogP contribution in [0.15, 0.2) is 0 Å². The average Bonchev–Trinajstić information content (AvgIpc) is 1.83. The molecule has 0 rings (SSSR count). The molecule has 0 aliphatic rings. The van der Waals surface area contributed by atoms with Crippen molar-refractivity contribution in [1.82, 2.24) is 0 Å². The Hall–Kier alpha value is 1.21. The summed E-state index contributed by atoms with van der Waals surface area (Å²) in [7, 11) is 0. The van der Waals surface area contributed by atoms with Crippen molar-refractivity contribution < 1.29 is 0 Å². The van der Waals surface area contributed by atoms with E-state index in [4.69, 9.17) is 0 Å². The van der Waals surface area contributed by atoms with Crippen LogP contribution in [0.2, 0.25) is 0 Å². The largest absolute Gasteiger partial charge is 0.0917 e. The summed E-state index contributed by atoms with van der Waals surface area (Å²) >= 11 is 5.92. The van der Waals surface area contributed by atoms with Gasteiger partial charge in [0.25, 0.3) is 0 Å². The summed E-state index contributed by atoms with van der Waals surface area (Å²) in [4.78, 5) is 0. The molecule has 0 heterocycles. The Kier molecular flexibility index (Phi) is 7.29. The molecule has 0 aliphatic heterocycles. The second kappa shape index (κ2) is 6.33. The van der Waals surface area contributed by atoms with E-state index in [-0.39, 0.29) is 0 Å². The van der Waals surface area contributed by atoms with Crippen molar-refractivity contribution in [3.8, 4) is 0 Å². The molecule has 50 valence electrons. The highest BCUT2D eigenvalue weighted by atomic mass is 127. The number of rotatable bonds is 4. The molecule has 0 saturated heterocycles. The van der Waals surface area contributed by atoms with Crippen LogP contribution in [0.5, 0.6) is 0 Å². The standard InChI is InChI=1S/C6H12BrI/c1-2-3-4-6(8)5-7/h6H,2-5H2,1H3. The van der Waals surface area contributed by atoms with Crippen molar-refractivity contribution in [2.75, 3.05) is 5.33 Å². The highest BCUT2D eigenvalue weighted by Crippen LogP contribution is 2.11. The van der Waals surface area contributed by atoms with E-state index >= 15 is 0 Å². The molecule has 0 N–H and O–H groups in total. The number of hydrogen-bond donors (Lipinski definition) is 0. The van der Waals surface area contributed by atoms with Gasteiger partial charge in [-0.05, 0) is 6.42 Å². The molecule has 1 unspecified atom stereocenters. The van der Waals surface area contributed by atoms with E-state index in [1.165, 1.54) is 19.3 Å². The van der Waals surface area contributed by atoms with Gasteiger partial charge in [-0.25, -0.2) is 0 Å². The van der Waals surface area contributed by atoms with Crippen LogP contribution in [0.1, 0.15) is 26.2 Å². The zero-order valence-corrected chi connectivity index (χ0v) is 8.91. The Balaban J connectivity index is 2.86. The fraction of sp³-hybridized carbons (Fsp3) is 1.00. The Bertz CT molecular complexity index is 47.8. The maximum absolute atomic E-state index is 3.44. The van der Waals surface area contributed by atoms with E-state index < -0.39 is 0 Å². The van der Waals surface area contributed by atoms with Crippen LogP contribution in [0.4, 0.5) is 0 Å². The van der Waals surface area contributed by atoms with Crippen LogP contribution in [0, 0.1) is 0 Å². The molecule has 0 aliphatic carbocycles. The van der Waals surface area contributed by atoms with Gasteiger partial charge in [-0.3, -0.25) is 0 Å². The molecule has 0 spiro atoms. The molecule has 0 aromatic heterocycles. The van der Waals surface area contributed by atoms with E-state index in [1.807, 2.05) is 0 Å². The fourth-order valence-electron chi connectivity index (χ4n) is 0.503. The van der Waals surface area contributed by atoms with Gasteiger partial charge in [-0.15, -0.1) is 0 Å². The molecular formula is C6H12BrI.